The number of anilines is 1. The van der Waals surface area contributed by atoms with Crippen molar-refractivity contribution in [3.8, 4) is 0 Å². The van der Waals surface area contributed by atoms with Gasteiger partial charge in [0, 0.05) is 62.3 Å². The summed E-state index contributed by atoms with van der Waals surface area (Å²) in [5, 5.41) is 10.2. The zero-order valence-electron chi connectivity index (χ0n) is 24.5. The van der Waals surface area contributed by atoms with E-state index in [2.05, 4.69) is 4.90 Å². The van der Waals surface area contributed by atoms with Gasteiger partial charge in [0.05, 0.1) is 5.56 Å². The van der Waals surface area contributed by atoms with E-state index in [0.29, 0.717) is 78.3 Å². The van der Waals surface area contributed by atoms with Gasteiger partial charge in [0.15, 0.2) is 0 Å². The molecule has 2 amide bonds. The third-order valence-corrected chi connectivity index (χ3v) is 8.94. The van der Waals surface area contributed by atoms with Gasteiger partial charge in [0.25, 0.3) is 5.91 Å². The monoisotopic (exact) mass is 607 g/mol. The van der Waals surface area contributed by atoms with E-state index in [4.69, 9.17) is 16.0 Å². The van der Waals surface area contributed by atoms with E-state index >= 15 is 0 Å². The molecule has 2 unspecified atom stereocenters. The number of alkyl halides is 2. The number of aryl methyl sites for hydroxylation is 3. The predicted octanol–water partition coefficient (Wildman–Crippen LogP) is 6.38. The lowest BCUT2D eigenvalue weighted by molar-refractivity contribution is -0.0337. The standard InChI is InChI=1S/C25H30ClN3O5.C6H10F2/c1-15-5-6-20(10-21(15)26)29(25(32)33)8-4-7-27-11-18-13-28(14-19(18)12-27)24(31)23-16(2)9-22(30)34-17(23)3;7-6(8)4-2-1-3-5-6/h5-6,9-10,18-19H,4,7-8,11-14H2,1-3H3,(H,32,33);1-5H2. The zero-order valence-corrected chi connectivity index (χ0v) is 25.3. The minimum atomic E-state index is -2.32. The van der Waals surface area contributed by atoms with E-state index in [1.165, 1.54) is 11.0 Å². The largest absolute Gasteiger partial charge is 0.465 e. The van der Waals surface area contributed by atoms with Crippen molar-refractivity contribution in [2.75, 3.05) is 44.2 Å². The number of carboxylic acid groups (broad SMARTS) is 1. The highest BCUT2D eigenvalue weighted by molar-refractivity contribution is 6.31. The fourth-order valence-electron chi connectivity index (χ4n) is 6.28. The van der Waals surface area contributed by atoms with E-state index in [-0.39, 0.29) is 18.7 Å². The van der Waals surface area contributed by atoms with E-state index in [9.17, 15) is 28.3 Å². The number of likely N-dealkylation sites (tertiary alicyclic amines) is 2. The van der Waals surface area contributed by atoms with Crippen LogP contribution in [0.3, 0.4) is 0 Å². The molecular formula is C31H40ClF2N3O5. The molecule has 1 aromatic carbocycles. The maximum atomic E-state index is 13.1. The quantitative estimate of drug-likeness (QED) is 0.409. The van der Waals surface area contributed by atoms with Gasteiger partial charge in [0.2, 0.25) is 5.92 Å². The van der Waals surface area contributed by atoms with Gasteiger partial charge < -0.3 is 19.3 Å². The summed E-state index contributed by atoms with van der Waals surface area (Å²) < 4.78 is 29.5. The van der Waals surface area contributed by atoms with Gasteiger partial charge in [-0.05, 0) is 81.7 Å². The van der Waals surface area contributed by atoms with Crippen LogP contribution >= 0.6 is 11.6 Å². The maximum Gasteiger partial charge on any atom is 0.411 e. The van der Waals surface area contributed by atoms with Crippen molar-refractivity contribution in [2.45, 2.75) is 65.2 Å². The Morgan fingerprint density at radius 3 is 2.19 bits per heavy atom. The van der Waals surface area contributed by atoms with E-state index in [1.54, 1.807) is 26.0 Å². The van der Waals surface area contributed by atoms with Gasteiger partial charge in [-0.15, -0.1) is 0 Å². The van der Waals surface area contributed by atoms with Gasteiger partial charge in [-0.25, -0.2) is 18.4 Å². The molecule has 42 heavy (non-hydrogen) atoms. The first-order valence-electron chi connectivity index (χ1n) is 14.6. The lowest BCUT2D eigenvalue weighted by Gasteiger charge is -2.24. The molecule has 230 valence electrons. The number of hydrogen-bond donors (Lipinski definition) is 1. The lowest BCUT2D eigenvalue weighted by Crippen LogP contribution is -2.36. The Kier molecular flexibility index (Phi) is 10.3. The van der Waals surface area contributed by atoms with Gasteiger partial charge in [-0.3, -0.25) is 9.69 Å². The molecule has 2 aliphatic heterocycles. The smallest absolute Gasteiger partial charge is 0.411 e. The highest BCUT2D eigenvalue weighted by Crippen LogP contribution is 2.33. The van der Waals surface area contributed by atoms with Crippen LogP contribution in [-0.2, 0) is 0 Å². The van der Waals surface area contributed by atoms with Crippen LogP contribution in [0.15, 0.2) is 33.5 Å². The number of hydrogen-bond acceptors (Lipinski definition) is 5. The summed E-state index contributed by atoms with van der Waals surface area (Å²) in [5.74, 6) is -1.24. The fourth-order valence-corrected chi connectivity index (χ4v) is 6.46. The number of carbonyl (C=O) groups excluding carboxylic acids is 1. The Morgan fingerprint density at radius 1 is 1.02 bits per heavy atom. The molecule has 1 aliphatic carbocycles. The van der Waals surface area contributed by atoms with Crippen LogP contribution in [0.4, 0.5) is 19.3 Å². The number of nitrogens with zero attached hydrogens (tertiary/aromatic N) is 3. The maximum absolute atomic E-state index is 13.1. The molecule has 3 fully saturated rings. The molecule has 2 aromatic rings. The molecule has 3 heterocycles. The number of benzene rings is 1. The Hall–Kier alpha value is -2.98. The molecule has 3 aliphatic rings. The van der Waals surface area contributed by atoms with Crippen molar-refractivity contribution in [1.82, 2.24) is 9.80 Å². The Bertz CT molecular complexity index is 1300. The second-order valence-electron chi connectivity index (χ2n) is 11.8. The molecule has 1 N–H and O–H groups in total. The summed E-state index contributed by atoms with van der Waals surface area (Å²) in [4.78, 5) is 42.0. The van der Waals surface area contributed by atoms with Gasteiger partial charge in [0.1, 0.15) is 5.76 Å². The third kappa shape index (κ3) is 7.89. The van der Waals surface area contributed by atoms with Gasteiger partial charge >= 0.3 is 11.7 Å². The Morgan fingerprint density at radius 2 is 1.67 bits per heavy atom. The van der Waals surface area contributed by atoms with Gasteiger partial charge in [-0.2, -0.15) is 0 Å². The topological polar surface area (TPSA) is 94.3 Å². The number of fused-ring (bicyclic) bond motifs is 1. The summed E-state index contributed by atoms with van der Waals surface area (Å²) in [7, 11) is 0. The van der Waals surface area contributed by atoms with E-state index in [1.807, 2.05) is 17.9 Å². The lowest BCUT2D eigenvalue weighted by atomic mass is 9.97. The number of halogens is 3. The number of amides is 2. The van der Waals surface area contributed by atoms with Crippen LogP contribution in [0.25, 0.3) is 0 Å². The summed E-state index contributed by atoms with van der Waals surface area (Å²) in [5.41, 5.74) is 2.19. The molecule has 1 aromatic heterocycles. The molecule has 0 radical (unpaired) electrons. The molecular weight excluding hydrogens is 568 g/mol. The normalized spacial score (nSPS) is 21.4. The molecule has 0 spiro atoms. The first-order chi connectivity index (χ1) is 19.8. The van der Waals surface area contributed by atoms with Crippen LogP contribution in [-0.4, -0.2) is 72.1 Å². The number of rotatable bonds is 6. The Balaban J connectivity index is 0.000000437. The summed E-state index contributed by atoms with van der Waals surface area (Å²) >= 11 is 6.18. The van der Waals surface area contributed by atoms with E-state index in [0.717, 1.165) is 31.6 Å². The van der Waals surface area contributed by atoms with E-state index < -0.39 is 17.6 Å². The van der Waals surface area contributed by atoms with Crippen LogP contribution < -0.4 is 10.5 Å². The van der Waals surface area contributed by atoms with Crippen molar-refractivity contribution in [3.05, 3.63) is 62.2 Å². The van der Waals surface area contributed by atoms with Crippen molar-refractivity contribution < 1.29 is 27.9 Å². The second-order valence-corrected chi connectivity index (χ2v) is 12.2. The second kappa shape index (κ2) is 13.5. The fraction of sp³-hybridized carbons (Fsp3) is 0.581. The molecule has 2 saturated heterocycles. The number of carbonyl (C=O) groups is 2. The van der Waals surface area contributed by atoms with Crippen molar-refractivity contribution >= 4 is 29.3 Å². The van der Waals surface area contributed by atoms with Crippen molar-refractivity contribution in [1.29, 1.82) is 0 Å². The molecule has 5 rings (SSSR count). The minimum Gasteiger partial charge on any atom is -0.465 e. The highest BCUT2D eigenvalue weighted by Gasteiger charge is 2.42. The van der Waals surface area contributed by atoms with Crippen LogP contribution in [0.2, 0.25) is 5.02 Å². The molecule has 0 bridgehead atoms. The third-order valence-electron chi connectivity index (χ3n) is 8.54. The highest BCUT2D eigenvalue weighted by atomic mass is 35.5. The summed E-state index contributed by atoms with van der Waals surface area (Å²) in [6, 6.07) is 6.67. The SMILES string of the molecule is Cc1ccc(N(CCCN2CC3CN(C(=O)c4c(C)cc(=O)oc4C)CC3C2)C(=O)O)cc1Cl.FC1(F)CCCCC1. The van der Waals surface area contributed by atoms with Crippen molar-refractivity contribution in [2.24, 2.45) is 11.8 Å². The van der Waals surface area contributed by atoms with Crippen LogP contribution in [0.5, 0.6) is 0 Å². The van der Waals surface area contributed by atoms with Crippen LogP contribution in [0.1, 0.15) is 65.8 Å². The minimum absolute atomic E-state index is 0.0754. The summed E-state index contributed by atoms with van der Waals surface area (Å²) in [6.45, 7) is 9.64. The van der Waals surface area contributed by atoms with Crippen LogP contribution in [0, 0.1) is 32.6 Å². The Labute approximate surface area is 250 Å². The first kappa shape index (κ1) is 31.9. The zero-order chi connectivity index (χ0) is 30.6. The predicted molar refractivity (Wildman–Crippen MR) is 158 cm³/mol. The molecule has 11 heteroatoms. The first-order valence-corrected chi connectivity index (χ1v) is 15.0. The molecule has 1 saturated carbocycles. The summed E-state index contributed by atoms with van der Waals surface area (Å²) in [6.07, 6.45) is 2.38. The molecule has 2 atom stereocenters. The molecule has 8 nitrogen and oxygen atoms in total. The van der Waals surface area contributed by atoms with Gasteiger partial charge in [-0.1, -0.05) is 24.1 Å². The average molecular weight is 608 g/mol. The van der Waals surface area contributed by atoms with Crippen molar-refractivity contribution in [3.63, 3.8) is 0 Å². The average Bonchev–Trinajstić information content (AvgIpc) is 3.47.